The zero-order valence-electron chi connectivity index (χ0n) is 10.7. The Morgan fingerprint density at radius 1 is 0.950 bits per heavy atom. The summed E-state index contributed by atoms with van der Waals surface area (Å²) < 4.78 is 11.9. The average molecular weight is 380 g/mol. The van der Waals surface area contributed by atoms with E-state index in [0.29, 0.717) is 6.10 Å². The van der Waals surface area contributed by atoms with Crippen LogP contribution in [0.3, 0.4) is 0 Å². The fourth-order valence-corrected chi connectivity index (χ4v) is 3.21. The number of aromatic nitrogens is 2. The third-order valence-electron chi connectivity index (χ3n) is 3.75. The molecular weight excluding hydrogens is 367 g/mol. The van der Waals surface area contributed by atoms with Crippen LogP contribution in [-0.2, 0) is 7.80 Å². The van der Waals surface area contributed by atoms with E-state index in [9.17, 15) is 0 Å². The van der Waals surface area contributed by atoms with Crippen molar-refractivity contribution in [2.24, 2.45) is 0 Å². The molecule has 5 heteroatoms. The maximum atomic E-state index is 6.19. The van der Waals surface area contributed by atoms with Gasteiger partial charge in [0.15, 0.2) is 0 Å². The van der Waals surface area contributed by atoms with Crippen LogP contribution in [0.25, 0.3) is 11.4 Å². The van der Waals surface area contributed by atoms with Crippen LogP contribution in [0.4, 0.5) is 0 Å². The summed E-state index contributed by atoms with van der Waals surface area (Å²) in [5.41, 5.74) is 3.95. The van der Waals surface area contributed by atoms with Gasteiger partial charge < -0.3 is 7.80 Å². The molecule has 0 N–H and O–H groups in total. The maximum Gasteiger partial charge on any atom is 0.128 e. The van der Waals surface area contributed by atoms with Crippen molar-refractivity contribution in [1.29, 1.82) is 0 Å². The lowest BCUT2D eigenvalue weighted by molar-refractivity contribution is -0.0258. The van der Waals surface area contributed by atoms with Crippen molar-refractivity contribution in [3.8, 4) is 11.4 Å². The average Bonchev–Trinajstić information content (AvgIpc) is 3.32. The Hall–Kier alpha value is -1.05. The van der Waals surface area contributed by atoms with Crippen LogP contribution in [0, 0.1) is 0 Å². The van der Waals surface area contributed by atoms with Crippen LogP contribution >= 0.6 is 23.0 Å². The van der Waals surface area contributed by atoms with E-state index in [1.165, 1.54) is 0 Å². The van der Waals surface area contributed by atoms with E-state index >= 15 is 0 Å². The first-order valence-corrected chi connectivity index (χ1v) is 7.59. The SMILES string of the molecule is IOC1c2cccnc2-c2ncccc2C1OC1CC1. The normalized spacial score (nSPS) is 24.1. The topological polar surface area (TPSA) is 44.2 Å². The number of fused-ring (bicyclic) bond motifs is 3. The smallest absolute Gasteiger partial charge is 0.128 e. The molecule has 4 rings (SSSR count). The molecule has 2 aliphatic rings. The summed E-state index contributed by atoms with van der Waals surface area (Å²) in [5, 5.41) is 0. The summed E-state index contributed by atoms with van der Waals surface area (Å²) in [5.74, 6) is 0. The van der Waals surface area contributed by atoms with Crippen LogP contribution in [-0.4, -0.2) is 16.1 Å². The van der Waals surface area contributed by atoms with Gasteiger partial charge in [-0.05, 0) is 25.0 Å². The zero-order valence-corrected chi connectivity index (χ0v) is 12.9. The maximum absolute atomic E-state index is 6.19. The second kappa shape index (κ2) is 5.05. The van der Waals surface area contributed by atoms with Crippen LogP contribution in [0.5, 0.6) is 0 Å². The molecule has 2 aliphatic carbocycles. The van der Waals surface area contributed by atoms with Crippen LogP contribution in [0.1, 0.15) is 36.2 Å². The molecule has 0 saturated heterocycles. The van der Waals surface area contributed by atoms with Crippen molar-refractivity contribution in [3.63, 3.8) is 0 Å². The Kier molecular flexibility index (Phi) is 3.20. The number of nitrogens with zero attached hydrogens (tertiary/aromatic N) is 2. The summed E-state index contributed by atoms with van der Waals surface area (Å²) in [4.78, 5) is 8.99. The summed E-state index contributed by atoms with van der Waals surface area (Å²) >= 11 is 1.96. The van der Waals surface area contributed by atoms with Gasteiger partial charge in [-0.1, -0.05) is 12.1 Å². The van der Waals surface area contributed by atoms with E-state index in [0.717, 1.165) is 35.4 Å². The minimum absolute atomic E-state index is 0.0974. The molecule has 2 aromatic heterocycles. The third kappa shape index (κ3) is 2.04. The molecule has 0 spiro atoms. The van der Waals surface area contributed by atoms with E-state index in [2.05, 4.69) is 16.0 Å². The Bertz CT molecular complexity index is 645. The van der Waals surface area contributed by atoms with Gasteiger partial charge in [0.05, 0.1) is 17.5 Å². The first kappa shape index (κ1) is 12.7. The molecule has 1 saturated carbocycles. The molecule has 0 aromatic carbocycles. The molecule has 2 unspecified atom stereocenters. The van der Waals surface area contributed by atoms with Gasteiger partial charge in [0.25, 0.3) is 0 Å². The van der Waals surface area contributed by atoms with Gasteiger partial charge in [-0.2, -0.15) is 0 Å². The predicted octanol–water partition coefficient (Wildman–Crippen LogP) is 3.79. The molecule has 0 amide bonds. The standard InChI is InChI=1S/C15H13IN2O2/c16-20-15-11-4-2-8-18-13(11)12-10(3-1-7-17-12)14(15)19-9-5-6-9/h1-4,7-9,14-15H,5-6H2. The van der Waals surface area contributed by atoms with E-state index in [1.807, 2.05) is 41.2 Å². The van der Waals surface area contributed by atoms with Crippen molar-refractivity contribution < 1.29 is 7.80 Å². The predicted molar refractivity (Wildman–Crippen MR) is 82.2 cm³/mol. The van der Waals surface area contributed by atoms with Crippen LogP contribution < -0.4 is 0 Å². The minimum atomic E-state index is -0.128. The second-order valence-electron chi connectivity index (χ2n) is 5.15. The summed E-state index contributed by atoms with van der Waals surface area (Å²) in [6, 6.07) is 7.99. The van der Waals surface area contributed by atoms with Gasteiger partial charge >= 0.3 is 0 Å². The monoisotopic (exact) mass is 380 g/mol. The fraction of sp³-hybridized carbons (Fsp3) is 0.333. The first-order chi connectivity index (χ1) is 9.88. The molecule has 20 heavy (non-hydrogen) atoms. The number of pyridine rings is 2. The molecular formula is C15H13IN2O2. The summed E-state index contributed by atoms with van der Waals surface area (Å²) in [6.07, 6.45) is 6.01. The van der Waals surface area contributed by atoms with Crippen LogP contribution in [0.2, 0.25) is 0 Å². The lowest BCUT2D eigenvalue weighted by Gasteiger charge is -2.32. The molecule has 102 valence electrons. The zero-order chi connectivity index (χ0) is 13.5. The van der Waals surface area contributed by atoms with E-state index < -0.39 is 0 Å². The number of hydrogen-bond donors (Lipinski definition) is 0. The molecule has 2 aromatic rings. The molecule has 0 radical (unpaired) electrons. The van der Waals surface area contributed by atoms with Gasteiger partial charge in [-0.3, -0.25) is 9.97 Å². The highest BCUT2D eigenvalue weighted by atomic mass is 127. The largest absolute Gasteiger partial charge is 0.367 e. The minimum Gasteiger partial charge on any atom is -0.367 e. The van der Waals surface area contributed by atoms with E-state index in [4.69, 9.17) is 7.80 Å². The van der Waals surface area contributed by atoms with Gasteiger partial charge in [-0.25, -0.2) is 0 Å². The first-order valence-electron chi connectivity index (χ1n) is 6.71. The quantitative estimate of drug-likeness (QED) is 0.761. The van der Waals surface area contributed by atoms with E-state index in [1.54, 1.807) is 12.4 Å². The van der Waals surface area contributed by atoms with Crippen molar-refractivity contribution >= 4 is 23.0 Å². The van der Waals surface area contributed by atoms with Gasteiger partial charge in [-0.15, -0.1) is 0 Å². The number of ether oxygens (including phenoxy) is 1. The molecule has 0 bridgehead atoms. The highest BCUT2D eigenvalue weighted by Crippen LogP contribution is 2.48. The molecule has 4 nitrogen and oxygen atoms in total. The van der Waals surface area contributed by atoms with Crippen molar-refractivity contribution in [2.45, 2.75) is 31.2 Å². The summed E-state index contributed by atoms with van der Waals surface area (Å²) in [7, 11) is 0. The van der Waals surface area contributed by atoms with Crippen molar-refractivity contribution in [1.82, 2.24) is 9.97 Å². The van der Waals surface area contributed by atoms with Gasteiger partial charge in [0.1, 0.15) is 35.2 Å². The van der Waals surface area contributed by atoms with Crippen molar-refractivity contribution in [2.75, 3.05) is 0 Å². The summed E-state index contributed by atoms with van der Waals surface area (Å²) in [6.45, 7) is 0. The molecule has 1 fully saturated rings. The fourth-order valence-electron chi connectivity index (χ4n) is 2.67. The van der Waals surface area contributed by atoms with Crippen molar-refractivity contribution in [3.05, 3.63) is 47.8 Å². The lowest BCUT2D eigenvalue weighted by atomic mass is 9.88. The third-order valence-corrected chi connectivity index (χ3v) is 4.30. The number of hydrogen-bond acceptors (Lipinski definition) is 4. The molecule has 2 atom stereocenters. The Labute approximate surface area is 131 Å². The Balaban J connectivity index is 1.88. The highest BCUT2D eigenvalue weighted by molar-refractivity contribution is 14.1. The molecule has 2 heterocycles. The van der Waals surface area contributed by atoms with Crippen LogP contribution in [0.15, 0.2) is 36.7 Å². The molecule has 0 aliphatic heterocycles. The Morgan fingerprint density at radius 2 is 1.55 bits per heavy atom. The Morgan fingerprint density at radius 3 is 2.10 bits per heavy atom. The lowest BCUT2D eigenvalue weighted by Crippen LogP contribution is -2.22. The highest BCUT2D eigenvalue weighted by Gasteiger charge is 2.39. The second-order valence-corrected chi connectivity index (χ2v) is 5.66. The number of halogens is 1. The van der Waals surface area contributed by atoms with Gasteiger partial charge in [0.2, 0.25) is 0 Å². The number of rotatable bonds is 3. The van der Waals surface area contributed by atoms with Gasteiger partial charge in [0, 0.05) is 23.5 Å². The van der Waals surface area contributed by atoms with E-state index in [-0.39, 0.29) is 12.2 Å².